The van der Waals surface area contributed by atoms with E-state index >= 15 is 0 Å². The van der Waals surface area contributed by atoms with E-state index in [1.54, 1.807) is 7.11 Å². The summed E-state index contributed by atoms with van der Waals surface area (Å²) in [5.41, 5.74) is 9.39. The molecule has 0 saturated heterocycles. The molecule has 0 atom stereocenters. The van der Waals surface area contributed by atoms with Gasteiger partial charge in [0.2, 0.25) is 0 Å². The average molecular weight is 425 g/mol. The van der Waals surface area contributed by atoms with E-state index in [2.05, 4.69) is 29.4 Å². The minimum Gasteiger partial charge on any atom is -0.497 e. The monoisotopic (exact) mass is 425 g/mol. The number of aryl methyl sites for hydroxylation is 1. The number of nitrogens with zero attached hydrogens (tertiary/aromatic N) is 1. The van der Waals surface area contributed by atoms with Crippen molar-refractivity contribution in [3.63, 3.8) is 0 Å². The van der Waals surface area contributed by atoms with Crippen molar-refractivity contribution >= 4 is 35.6 Å². The molecular formula is C18H24IN3O. The average Bonchev–Trinajstić information content (AvgIpc) is 2.55. The molecule has 4 nitrogen and oxygen atoms in total. The number of aliphatic imine (C=N–C) groups is 1. The summed E-state index contributed by atoms with van der Waals surface area (Å²) in [6.45, 7) is 2.78. The fourth-order valence-corrected chi connectivity index (χ4v) is 2.15. The zero-order valence-corrected chi connectivity index (χ0v) is 15.9. The van der Waals surface area contributed by atoms with Crippen molar-refractivity contribution in [1.29, 1.82) is 0 Å². The van der Waals surface area contributed by atoms with Crippen LogP contribution < -0.4 is 15.8 Å². The van der Waals surface area contributed by atoms with Gasteiger partial charge in [-0.3, -0.25) is 4.99 Å². The third-order valence-corrected chi connectivity index (χ3v) is 3.45. The van der Waals surface area contributed by atoms with Crippen molar-refractivity contribution in [2.24, 2.45) is 10.7 Å². The minimum atomic E-state index is 0. The highest BCUT2D eigenvalue weighted by atomic mass is 127. The normalized spacial score (nSPS) is 10.8. The Bertz CT molecular complexity index is 626. The van der Waals surface area contributed by atoms with Gasteiger partial charge in [0.05, 0.1) is 7.11 Å². The second kappa shape index (κ2) is 10.1. The number of nitrogens with two attached hydrogens (primary N) is 1. The number of guanidine groups is 1. The highest BCUT2D eigenvalue weighted by Crippen LogP contribution is 2.12. The number of nitrogens with one attached hydrogen (secondary N) is 1. The van der Waals surface area contributed by atoms with Gasteiger partial charge in [0.1, 0.15) is 5.75 Å². The second-order valence-electron chi connectivity index (χ2n) is 5.04. The lowest BCUT2D eigenvalue weighted by Gasteiger charge is -2.07. The van der Waals surface area contributed by atoms with E-state index in [1.807, 2.05) is 36.4 Å². The van der Waals surface area contributed by atoms with E-state index in [9.17, 15) is 0 Å². The highest BCUT2D eigenvalue weighted by Gasteiger charge is 1.98. The molecule has 0 heterocycles. The summed E-state index contributed by atoms with van der Waals surface area (Å²) >= 11 is 0. The molecule has 0 aliphatic rings. The maximum absolute atomic E-state index is 5.93. The fraction of sp³-hybridized carbons (Fsp3) is 0.278. The van der Waals surface area contributed by atoms with Crippen LogP contribution in [0.15, 0.2) is 53.5 Å². The molecule has 0 fully saturated rings. The van der Waals surface area contributed by atoms with Crippen LogP contribution in [-0.4, -0.2) is 19.6 Å². The van der Waals surface area contributed by atoms with Gasteiger partial charge in [-0.25, -0.2) is 0 Å². The summed E-state index contributed by atoms with van der Waals surface area (Å²) in [4.78, 5) is 4.36. The zero-order valence-electron chi connectivity index (χ0n) is 13.6. The molecule has 2 aromatic rings. The molecule has 124 valence electrons. The maximum Gasteiger partial charge on any atom is 0.193 e. The summed E-state index contributed by atoms with van der Waals surface area (Å²) in [6, 6.07) is 16.2. The largest absolute Gasteiger partial charge is 0.497 e. The molecular weight excluding hydrogens is 401 g/mol. The van der Waals surface area contributed by atoms with Crippen molar-refractivity contribution in [3.8, 4) is 5.75 Å². The van der Waals surface area contributed by atoms with Crippen LogP contribution in [0.2, 0.25) is 0 Å². The van der Waals surface area contributed by atoms with Crippen LogP contribution in [-0.2, 0) is 12.8 Å². The quantitative estimate of drug-likeness (QED) is 0.420. The molecule has 0 aliphatic carbocycles. The number of halogens is 1. The predicted molar refractivity (Wildman–Crippen MR) is 108 cm³/mol. The topological polar surface area (TPSA) is 59.6 Å². The van der Waals surface area contributed by atoms with Gasteiger partial charge < -0.3 is 15.8 Å². The lowest BCUT2D eigenvalue weighted by atomic mass is 10.1. The van der Waals surface area contributed by atoms with Gasteiger partial charge in [0.15, 0.2) is 5.96 Å². The Labute approximate surface area is 155 Å². The second-order valence-corrected chi connectivity index (χ2v) is 5.04. The number of methoxy groups -OCH3 is 1. The molecule has 0 saturated carbocycles. The van der Waals surface area contributed by atoms with E-state index in [0.717, 1.165) is 24.3 Å². The molecule has 2 aromatic carbocycles. The van der Waals surface area contributed by atoms with Crippen molar-refractivity contribution in [3.05, 3.63) is 59.7 Å². The number of hydrogen-bond donors (Lipinski definition) is 2. The van der Waals surface area contributed by atoms with Gasteiger partial charge in [0.25, 0.3) is 0 Å². The molecule has 5 heteroatoms. The van der Waals surface area contributed by atoms with Crippen LogP contribution in [0.1, 0.15) is 18.1 Å². The van der Waals surface area contributed by atoms with E-state index < -0.39 is 0 Å². The standard InChI is InChI=1S/C18H23N3O.HI/c1-3-14-5-4-6-16(13-14)21-18(19)20-12-11-15-7-9-17(22-2)10-8-15;/h4-10,13H,3,11-12H2,1-2H3,(H3,19,20,21);1H. The van der Waals surface area contributed by atoms with Gasteiger partial charge in [0, 0.05) is 12.2 Å². The van der Waals surface area contributed by atoms with E-state index in [1.165, 1.54) is 11.1 Å². The number of hydrogen-bond acceptors (Lipinski definition) is 2. The van der Waals surface area contributed by atoms with E-state index in [0.29, 0.717) is 12.5 Å². The highest BCUT2D eigenvalue weighted by molar-refractivity contribution is 14.0. The Morgan fingerprint density at radius 2 is 1.87 bits per heavy atom. The molecule has 2 rings (SSSR count). The Morgan fingerprint density at radius 1 is 1.13 bits per heavy atom. The van der Waals surface area contributed by atoms with Crippen molar-refractivity contribution in [1.82, 2.24) is 0 Å². The molecule has 0 unspecified atom stereocenters. The first kappa shape index (κ1) is 19.3. The van der Waals surface area contributed by atoms with Gasteiger partial charge in [-0.15, -0.1) is 24.0 Å². The van der Waals surface area contributed by atoms with Crippen LogP contribution >= 0.6 is 24.0 Å². The molecule has 0 amide bonds. The Balaban J connectivity index is 0.00000264. The minimum absolute atomic E-state index is 0. The molecule has 0 radical (unpaired) electrons. The van der Waals surface area contributed by atoms with Gasteiger partial charge in [-0.1, -0.05) is 31.2 Å². The van der Waals surface area contributed by atoms with Crippen molar-refractivity contribution in [2.75, 3.05) is 19.0 Å². The van der Waals surface area contributed by atoms with Gasteiger partial charge in [-0.2, -0.15) is 0 Å². The number of benzene rings is 2. The Morgan fingerprint density at radius 3 is 2.52 bits per heavy atom. The van der Waals surface area contributed by atoms with E-state index in [-0.39, 0.29) is 24.0 Å². The summed E-state index contributed by atoms with van der Waals surface area (Å²) < 4.78 is 5.14. The van der Waals surface area contributed by atoms with Crippen molar-refractivity contribution in [2.45, 2.75) is 19.8 Å². The first-order valence-electron chi connectivity index (χ1n) is 7.50. The smallest absolute Gasteiger partial charge is 0.193 e. The molecule has 0 bridgehead atoms. The first-order chi connectivity index (χ1) is 10.7. The summed E-state index contributed by atoms with van der Waals surface area (Å²) in [5.74, 6) is 1.31. The first-order valence-corrected chi connectivity index (χ1v) is 7.50. The Kier molecular flexibility index (Phi) is 8.47. The summed E-state index contributed by atoms with van der Waals surface area (Å²) in [6.07, 6.45) is 1.85. The lowest BCUT2D eigenvalue weighted by molar-refractivity contribution is 0.414. The summed E-state index contributed by atoms with van der Waals surface area (Å²) in [7, 11) is 1.67. The maximum atomic E-state index is 5.93. The number of anilines is 1. The van der Waals surface area contributed by atoms with Crippen LogP contribution in [0.3, 0.4) is 0 Å². The zero-order chi connectivity index (χ0) is 15.8. The van der Waals surface area contributed by atoms with Crippen molar-refractivity contribution < 1.29 is 4.74 Å². The Hall–Kier alpha value is -1.76. The molecule has 3 N–H and O–H groups in total. The molecule has 0 spiro atoms. The fourth-order valence-electron chi connectivity index (χ4n) is 2.15. The van der Waals surface area contributed by atoms with Gasteiger partial charge in [-0.05, 0) is 48.2 Å². The summed E-state index contributed by atoms with van der Waals surface area (Å²) in [5, 5.41) is 3.13. The van der Waals surface area contributed by atoms with E-state index in [4.69, 9.17) is 10.5 Å². The molecule has 0 aliphatic heterocycles. The number of ether oxygens (including phenoxy) is 1. The van der Waals surface area contributed by atoms with Crippen LogP contribution in [0.25, 0.3) is 0 Å². The van der Waals surface area contributed by atoms with Gasteiger partial charge >= 0.3 is 0 Å². The lowest BCUT2D eigenvalue weighted by Crippen LogP contribution is -2.23. The third kappa shape index (κ3) is 6.48. The third-order valence-electron chi connectivity index (χ3n) is 3.45. The molecule has 23 heavy (non-hydrogen) atoms. The predicted octanol–water partition coefficient (Wildman–Crippen LogP) is 3.84. The van der Waals surface area contributed by atoms with Crippen LogP contribution in [0, 0.1) is 0 Å². The van der Waals surface area contributed by atoms with Crippen LogP contribution in [0.5, 0.6) is 5.75 Å². The van der Waals surface area contributed by atoms with Crippen LogP contribution in [0.4, 0.5) is 5.69 Å². The molecule has 0 aromatic heterocycles. The SMILES string of the molecule is CCc1cccc(NC(N)=NCCc2ccc(OC)cc2)c1.I. The number of rotatable bonds is 6.